The molecule has 0 unspecified atom stereocenters. The molecule has 0 spiro atoms. The van der Waals surface area contributed by atoms with Gasteiger partial charge in [0, 0.05) is 5.69 Å². The average molecular weight is 348 g/mol. The summed E-state index contributed by atoms with van der Waals surface area (Å²) in [5.41, 5.74) is 1.13. The van der Waals surface area contributed by atoms with Crippen LogP contribution < -0.4 is 15.4 Å². The number of piperidine rings is 1. The molecule has 6 nitrogen and oxygen atoms in total. The summed E-state index contributed by atoms with van der Waals surface area (Å²) in [7, 11) is -2.16. The minimum Gasteiger partial charge on any atom is -0.325 e. The Balaban J connectivity index is 0.00000242. The van der Waals surface area contributed by atoms with Crippen LogP contribution in [0.4, 0.5) is 5.69 Å². The topological polar surface area (TPSA) is 87.3 Å². The fraction of sp³-hybridized carbons (Fsp3) is 0.500. The lowest BCUT2D eigenvalue weighted by molar-refractivity contribution is -0.118. The van der Waals surface area contributed by atoms with Gasteiger partial charge in [0.2, 0.25) is 15.9 Å². The highest BCUT2D eigenvalue weighted by Crippen LogP contribution is 2.20. The van der Waals surface area contributed by atoms with E-state index in [1.807, 2.05) is 0 Å². The fourth-order valence-corrected chi connectivity index (χ4v) is 3.38. The van der Waals surface area contributed by atoms with E-state index in [1.54, 1.807) is 19.1 Å². The van der Waals surface area contributed by atoms with Crippen molar-refractivity contribution >= 4 is 34.0 Å². The third-order valence-corrected chi connectivity index (χ3v) is 5.20. The van der Waals surface area contributed by atoms with E-state index in [9.17, 15) is 13.2 Å². The van der Waals surface area contributed by atoms with Crippen LogP contribution in [0.5, 0.6) is 0 Å². The lowest BCUT2D eigenvalue weighted by Crippen LogP contribution is -2.43. The number of aryl methyl sites for hydroxylation is 1. The van der Waals surface area contributed by atoms with Crippen LogP contribution in [0.15, 0.2) is 23.1 Å². The Kier molecular flexibility index (Phi) is 6.80. The maximum Gasteiger partial charge on any atom is 0.241 e. The normalized spacial score (nSPS) is 18.4. The second-order valence-electron chi connectivity index (χ2n) is 5.18. The molecule has 0 aliphatic carbocycles. The highest BCUT2D eigenvalue weighted by atomic mass is 35.5. The van der Waals surface area contributed by atoms with Crippen LogP contribution in [0.1, 0.15) is 24.8 Å². The Labute approximate surface area is 137 Å². The van der Waals surface area contributed by atoms with Gasteiger partial charge in [-0.15, -0.1) is 12.4 Å². The number of rotatable bonds is 4. The highest BCUT2D eigenvalue weighted by molar-refractivity contribution is 7.89. The van der Waals surface area contributed by atoms with Gasteiger partial charge < -0.3 is 10.6 Å². The van der Waals surface area contributed by atoms with Gasteiger partial charge in [0.05, 0.1) is 10.9 Å². The van der Waals surface area contributed by atoms with Crippen LogP contribution in [0.3, 0.4) is 0 Å². The van der Waals surface area contributed by atoms with Crippen LogP contribution in [-0.2, 0) is 14.8 Å². The molecule has 1 aliphatic heterocycles. The number of anilines is 1. The predicted octanol–water partition coefficient (Wildman–Crippen LogP) is 1.41. The van der Waals surface area contributed by atoms with Crippen molar-refractivity contribution in [3.63, 3.8) is 0 Å². The lowest BCUT2D eigenvalue weighted by atomic mass is 10.0. The molecular weight excluding hydrogens is 326 g/mol. The fourth-order valence-electron chi connectivity index (χ4n) is 2.38. The molecule has 1 saturated heterocycles. The Bertz CT molecular complexity index is 628. The molecule has 124 valence electrons. The molecule has 0 bridgehead atoms. The second kappa shape index (κ2) is 7.92. The van der Waals surface area contributed by atoms with Crippen LogP contribution in [0.25, 0.3) is 0 Å². The minimum absolute atomic E-state index is 0. The first kappa shape index (κ1) is 18.9. The maximum absolute atomic E-state index is 12.1. The van der Waals surface area contributed by atoms with Gasteiger partial charge in [-0.25, -0.2) is 13.1 Å². The van der Waals surface area contributed by atoms with E-state index < -0.39 is 10.0 Å². The van der Waals surface area contributed by atoms with Gasteiger partial charge >= 0.3 is 0 Å². The summed E-state index contributed by atoms with van der Waals surface area (Å²) >= 11 is 0. The number of benzene rings is 1. The molecule has 1 atom stereocenters. The number of carbonyl (C=O) groups is 1. The molecular formula is C14H22ClN3O3S. The highest BCUT2D eigenvalue weighted by Gasteiger charge is 2.21. The lowest BCUT2D eigenvalue weighted by Gasteiger charge is -2.22. The largest absolute Gasteiger partial charge is 0.325 e. The summed E-state index contributed by atoms with van der Waals surface area (Å²) in [6, 6.07) is 4.69. The van der Waals surface area contributed by atoms with Crippen LogP contribution in [0.2, 0.25) is 0 Å². The summed E-state index contributed by atoms with van der Waals surface area (Å²) in [6.07, 6.45) is 2.91. The molecule has 1 fully saturated rings. The average Bonchev–Trinajstić information content (AvgIpc) is 2.50. The van der Waals surface area contributed by atoms with Gasteiger partial charge in [-0.3, -0.25) is 4.79 Å². The van der Waals surface area contributed by atoms with E-state index in [1.165, 1.54) is 13.1 Å². The van der Waals surface area contributed by atoms with E-state index in [-0.39, 0.29) is 29.3 Å². The molecule has 0 saturated carbocycles. The first-order chi connectivity index (χ1) is 9.94. The molecule has 3 N–H and O–H groups in total. The van der Waals surface area contributed by atoms with Gasteiger partial charge in [0.25, 0.3) is 0 Å². The molecule has 8 heteroatoms. The maximum atomic E-state index is 12.1. The minimum atomic E-state index is -3.53. The second-order valence-corrected chi connectivity index (χ2v) is 7.03. The van der Waals surface area contributed by atoms with Gasteiger partial charge in [-0.05, 0) is 51.1 Å². The SMILES string of the molecule is CNS(=O)(=O)c1cc(NC(=O)[C@H]2CCCCN2)ccc1C.Cl. The molecule has 1 amide bonds. The standard InChI is InChI=1S/C14H21N3O3S.ClH/c1-10-6-7-11(9-13(10)21(19,20)15-2)17-14(18)12-5-3-4-8-16-12;/h6-7,9,12,15-16H,3-5,8H2,1-2H3,(H,17,18);1H/t12-;/m1./s1. The summed E-state index contributed by atoms with van der Waals surface area (Å²) in [4.78, 5) is 12.3. The van der Waals surface area contributed by atoms with Crippen LogP contribution >= 0.6 is 12.4 Å². The number of nitrogens with one attached hydrogen (secondary N) is 3. The van der Waals surface area contributed by atoms with Crippen molar-refractivity contribution in [3.8, 4) is 0 Å². The van der Waals surface area contributed by atoms with Crippen molar-refractivity contribution in [1.82, 2.24) is 10.0 Å². The van der Waals surface area contributed by atoms with Crippen molar-refractivity contribution < 1.29 is 13.2 Å². The summed E-state index contributed by atoms with van der Waals surface area (Å²) < 4.78 is 26.1. The molecule has 2 rings (SSSR count). The zero-order valence-corrected chi connectivity index (χ0v) is 14.3. The van der Waals surface area contributed by atoms with Crippen molar-refractivity contribution in [2.24, 2.45) is 0 Å². The third-order valence-electron chi connectivity index (χ3n) is 3.64. The molecule has 1 heterocycles. The smallest absolute Gasteiger partial charge is 0.241 e. The van der Waals surface area contributed by atoms with Crippen molar-refractivity contribution in [1.29, 1.82) is 0 Å². The van der Waals surface area contributed by atoms with E-state index in [0.717, 1.165) is 25.8 Å². The van der Waals surface area contributed by atoms with E-state index in [4.69, 9.17) is 0 Å². The Hall–Kier alpha value is -1.15. The van der Waals surface area contributed by atoms with E-state index in [0.29, 0.717) is 11.3 Å². The van der Waals surface area contributed by atoms with Crippen molar-refractivity contribution in [2.45, 2.75) is 37.1 Å². The molecule has 1 aromatic rings. The number of amides is 1. The first-order valence-corrected chi connectivity index (χ1v) is 8.51. The Morgan fingerprint density at radius 2 is 2.05 bits per heavy atom. The predicted molar refractivity (Wildman–Crippen MR) is 88.9 cm³/mol. The summed E-state index contributed by atoms with van der Waals surface area (Å²) in [5.74, 6) is -0.119. The molecule has 1 aliphatic rings. The Morgan fingerprint density at radius 3 is 2.64 bits per heavy atom. The van der Waals surface area contributed by atoms with E-state index >= 15 is 0 Å². The van der Waals surface area contributed by atoms with Gasteiger partial charge in [-0.1, -0.05) is 12.5 Å². The number of sulfonamides is 1. The van der Waals surface area contributed by atoms with Crippen molar-refractivity contribution in [2.75, 3.05) is 18.9 Å². The van der Waals surface area contributed by atoms with E-state index in [2.05, 4.69) is 15.4 Å². The van der Waals surface area contributed by atoms with Crippen LogP contribution in [0, 0.1) is 6.92 Å². The zero-order chi connectivity index (χ0) is 15.5. The summed E-state index contributed by atoms with van der Waals surface area (Å²) in [5, 5.41) is 5.95. The molecule has 0 radical (unpaired) electrons. The zero-order valence-electron chi connectivity index (χ0n) is 12.7. The quantitative estimate of drug-likeness (QED) is 0.768. The van der Waals surface area contributed by atoms with Gasteiger partial charge in [-0.2, -0.15) is 0 Å². The molecule has 0 aromatic heterocycles. The Morgan fingerprint density at radius 1 is 1.32 bits per heavy atom. The summed E-state index contributed by atoms with van der Waals surface area (Å²) in [6.45, 7) is 2.56. The number of halogens is 1. The van der Waals surface area contributed by atoms with Gasteiger partial charge in [0.15, 0.2) is 0 Å². The third kappa shape index (κ3) is 4.42. The first-order valence-electron chi connectivity index (χ1n) is 7.02. The van der Waals surface area contributed by atoms with Crippen molar-refractivity contribution in [3.05, 3.63) is 23.8 Å². The number of hydrogen-bond acceptors (Lipinski definition) is 4. The molecule has 22 heavy (non-hydrogen) atoms. The monoisotopic (exact) mass is 347 g/mol. The van der Waals surface area contributed by atoms with Crippen LogP contribution in [-0.4, -0.2) is 34.0 Å². The number of hydrogen-bond donors (Lipinski definition) is 3. The number of carbonyl (C=O) groups excluding carboxylic acids is 1. The van der Waals surface area contributed by atoms with Gasteiger partial charge in [0.1, 0.15) is 0 Å². The molecule has 1 aromatic carbocycles.